The molecule has 1 aromatic heterocycles. The van der Waals surface area contributed by atoms with Gasteiger partial charge in [0.15, 0.2) is 0 Å². The molecule has 1 aromatic rings. The Hall–Kier alpha value is -1.56. The van der Waals surface area contributed by atoms with E-state index in [0.29, 0.717) is 19.4 Å². The standard InChI is InChI=1S/C13H24N4O2/c1-3-6-13(19,7-4-2)10-15-12(18)14-9-11-5-8-16-17-11/h5,8,19H,3-4,6-7,9-10H2,1-2H3,(H,16,17)(H2,14,15,18). The number of nitrogens with one attached hydrogen (secondary N) is 3. The lowest BCUT2D eigenvalue weighted by molar-refractivity contribution is 0.0241. The Kier molecular flexibility index (Phi) is 6.35. The molecule has 0 aliphatic rings. The van der Waals surface area contributed by atoms with E-state index in [1.807, 2.05) is 13.8 Å². The molecule has 0 saturated carbocycles. The van der Waals surface area contributed by atoms with Gasteiger partial charge in [-0.05, 0) is 18.9 Å². The van der Waals surface area contributed by atoms with E-state index in [2.05, 4.69) is 20.8 Å². The second-order valence-corrected chi connectivity index (χ2v) is 4.84. The molecule has 0 aliphatic heterocycles. The lowest BCUT2D eigenvalue weighted by Gasteiger charge is -2.27. The fourth-order valence-electron chi connectivity index (χ4n) is 2.10. The highest BCUT2D eigenvalue weighted by atomic mass is 16.3. The monoisotopic (exact) mass is 268 g/mol. The number of carbonyl (C=O) groups excluding carboxylic acids is 1. The molecule has 0 fully saturated rings. The van der Waals surface area contributed by atoms with Crippen LogP contribution >= 0.6 is 0 Å². The zero-order chi connectivity index (χ0) is 14.1. The third-order valence-corrected chi connectivity index (χ3v) is 3.01. The molecule has 0 bridgehead atoms. The molecule has 0 saturated heterocycles. The van der Waals surface area contributed by atoms with Crippen LogP contribution in [0.1, 0.15) is 45.2 Å². The predicted molar refractivity (Wildman–Crippen MR) is 73.6 cm³/mol. The summed E-state index contributed by atoms with van der Waals surface area (Å²) in [6.07, 6.45) is 4.82. The number of aromatic nitrogens is 2. The van der Waals surface area contributed by atoms with Gasteiger partial charge in [0.25, 0.3) is 0 Å². The second kappa shape index (κ2) is 7.78. The molecule has 1 rings (SSSR count). The van der Waals surface area contributed by atoms with Crippen molar-refractivity contribution in [2.75, 3.05) is 6.54 Å². The van der Waals surface area contributed by atoms with Gasteiger partial charge < -0.3 is 15.7 Å². The molecular formula is C13H24N4O2. The maximum Gasteiger partial charge on any atom is 0.315 e. The van der Waals surface area contributed by atoms with Crippen LogP contribution in [0.5, 0.6) is 0 Å². The van der Waals surface area contributed by atoms with Crippen LogP contribution in [0.4, 0.5) is 4.79 Å². The van der Waals surface area contributed by atoms with Crippen molar-refractivity contribution in [1.29, 1.82) is 0 Å². The fourth-order valence-corrected chi connectivity index (χ4v) is 2.10. The van der Waals surface area contributed by atoms with E-state index in [0.717, 1.165) is 18.5 Å². The van der Waals surface area contributed by atoms with Gasteiger partial charge in [0.2, 0.25) is 0 Å². The van der Waals surface area contributed by atoms with Gasteiger partial charge in [0.05, 0.1) is 17.8 Å². The summed E-state index contributed by atoms with van der Waals surface area (Å²) in [7, 11) is 0. The average molecular weight is 268 g/mol. The average Bonchev–Trinajstić information content (AvgIpc) is 2.88. The van der Waals surface area contributed by atoms with Gasteiger partial charge in [-0.25, -0.2) is 4.79 Å². The Labute approximate surface area is 114 Å². The molecule has 0 aliphatic carbocycles. The molecule has 2 amide bonds. The number of carbonyl (C=O) groups is 1. The van der Waals surface area contributed by atoms with Crippen LogP contribution in [0.25, 0.3) is 0 Å². The molecule has 0 radical (unpaired) electrons. The Morgan fingerprint density at radius 2 is 2.05 bits per heavy atom. The number of amides is 2. The van der Waals surface area contributed by atoms with Gasteiger partial charge in [0.1, 0.15) is 0 Å². The normalized spacial score (nSPS) is 11.3. The summed E-state index contributed by atoms with van der Waals surface area (Å²) < 4.78 is 0. The zero-order valence-corrected chi connectivity index (χ0v) is 11.7. The van der Waals surface area contributed by atoms with Crippen molar-refractivity contribution >= 4 is 6.03 Å². The first kappa shape index (κ1) is 15.5. The van der Waals surface area contributed by atoms with E-state index < -0.39 is 5.60 Å². The van der Waals surface area contributed by atoms with Crippen LogP contribution < -0.4 is 10.6 Å². The van der Waals surface area contributed by atoms with Crippen molar-refractivity contribution in [2.45, 2.75) is 51.7 Å². The molecule has 19 heavy (non-hydrogen) atoms. The van der Waals surface area contributed by atoms with Gasteiger partial charge in [0, 0.05) is 12.7 Å². The molecule has 108 valence electrons. The minimum atomic E-state index is -0.797. The zero-order valence-electron chi connectivity index (χ0n) is 11.7. The molecule has 6 nitrogen and oxygen atoms in total. The molecular weight excluding hydrogens is 244 g/mol. The van der Waals surface area contributed by atoms with Crippen molar-refractivity contribution in [1.82, 2.24) is 20.8 Å². The van der Waals surface area contributed by atoms with E-state index in [1.165, 1.54) is 0 Å². The molecule has 6 heteroatoms. The van der Waals surface area contributed by atoms with Crippen molar-refractivity contribution in [2.24, 2.45) is 0 Å². The number of aromatic amines is 1. The Morgan fingerprint density at radius 3 is 2.58 bits per heavy atom. The Balaban J connectivity index is 2.31. The van der Waals surface area contributed by atoms with E-state index in [1.54, 1.807) is 12.3 Å². The van der Waals surface area contributed by atoms with Gasteiger partial charge in [-0.2, -0.15) is 5.10 Å². The summed E-state index contributed by atoms with van der Waals surface area (Å²) in [5.74, 6) is 0. The maximum absolute atomic E-state index is 11.6. The summed E-state index contributed by atoms with van der Waals surface area (Å²) in [5, 5.41) is 22.3. The summed E-state index contributed by atoms with van der Waals surface area (Å²) in [5.41, 5.74) is 0.0435. The first-order valence-electron chi connectivity index (χ1n) is 6.82. The molecule has 1 heterocycles. The minimum absolute atomic E-state index is 0.278. The molecule has 0 spiro atoms. The topological polar surface area (TPSA) is 90.0 Å². The summed E-state index contributed by atoms with van der Waals surface area (Å²) in [4.78, 5) is 11.6. The van der Waals surface area contributed by atoms with Gasteiger partial charge in [-0.1, -0.05) is 26.7 Å². The van der Waals surface area contributed by atoms with Crippen LogP contribution in [-0.4, -0.2) is 33.5 Å². The Morgan fingerprint density at radius 1 is 1.37 bits per heavy atom. The smallest absolute Gasteiger partial charge is 0.315 e. The van der Waals surface area contributed by atoms with Crippen LogP contribution in [-0.2, 0) is 6.54 Å². The summed E-state index contributed by atoms with van der Waals surface area (Å²) in [6, 6.07) is 1.52. The second-order valence-electron chi connectivity index (χ2n) is 4.84. The highest BCUT2D eigenvalue weighted by Crippen LogP contribution is 2.18. The Bertz CT molecular complexity index is 359. The van der Waals surface area contributed by atoms with Crippen LogP contribution in [0, 0.1) is 0 Å². The lowest BCUT2D eigenvalue weighted by atomic mass is 9.93. The highest BCUT2D eigenvalue weighted by molar-refractivity contribution is 5.73. The predicted octanol–water partition coefficient (Wildman–Crippen LogP) is 1.54. The SMILES string of the molecule is CCCC(O)(CCC)CNC(=O)NCc1ccn[nH]1. The molecule has 0 unspecified atom stereocenters. The highest BCUT2D eigenvalue weighted by Gasteiger charge is 2.25. The number of aliphatic hydroxyl groups is 1. The lowest BCUT2D eigenvalue weighted by Crippen LogP contribution is -2.46. The number of nitrogens with zero attached hydrogens (tertiary/aromatic N) is 1. The summed E-state index contributed by atoms with van der Waals surface area (Å²) >= 11 is 0. The maximum atomic E-state index is 11.6. The number of hydrogen-bond acceptors (Lipinski definition) is 3. The number of rotatable bonds is 8. The van der Waals surface area contributed by atoms with E-state index >= 15 is 0 Å². The van der Waals surface area contributed by atoms with Crippen LogP contribution in [0.2, 0.25) is 0 Å². The number of H-pyrrole nitrogens is 1. The molecule has 0 aromatic carbocycles. The third kappa shape index (κ3) is 5.74. The van der Waals surface area contributed by atoms with Crippen molar-refractivity contribution in [3.05, 3.63) is 18.0 Å². The van der Waals surface area contributed by atoms with Gasteiger partial charge in [-0.15, -0.1) is 0 Å². The molecule has 4 N–H and O–H groups in total. The quantitative estimate of drug-likeness (QED) is 0.576. The van der Waals surface area contributed by atoms with Crippen LogP contribution in [0.3, 0.4) is 0 Å². The minimum Gasteiger partial charge on any atom is -0.388 e. The van der Waals surface area contributed by atoms with E-state index in [9.17, 15) is 9.90 Å². The van der Waals surface area contributed by atoms with Crippen molar-refractivity contribution in [3.63, 3.8) is 0 Å². The third-order valence-electron chi connectivity index (χ3n) is 3.01. The van der Waals surface area contributed by atoms with Crippen molar-refractivity contribution in [3.8, 4) is 0 Å². The van der Waals surface area contributed by atoms with E-state index in [-0.39, 0.29) is 12.6 Å². The van der Waals surface area contributed by atoms with Gasteiger partial charge >= 0.3 is 6.03 Å². The van der Waals surface area contributed by atoms with E-state index in [4.69, 9.17) is 0 Å². The van der Waals surface area contributed by atoms with Crippen molar-refractivity contribution < 1.29 is 9.90 Å². The number of urea groups is 1. The van der Waals surface area contributed by atoms with Gasteiger partial charge in [-0.3, -0.25) is 5.10 Å². The summed E-state index contributed by atoms with van der Waals surface area (Å²) in [6.45, 7) is 4.73. The first-order valence-corrected chi connectivity index (χ1v) is 6.82. The fraction of sp³-hybridized carbons (Fsp3) is 0.692. The first-order chi connectivity index (χ1) is 9.09. The number of hydrogen-bond donors (Lipinski definition) is 4. The largest absolute Gasteiger partial charge is 0.388 e. The van der Waals surface area contributed by atoms with Crippen LogP contribution in [0.15, 0.2) is 12.3 Å². The molecule has 0 atom stereocenters.